The fourth-order valence-electron chi connectivity index (χ4n) is 2.52. The maximum Gasteiger partial charge on any atom is 0.257 e. The number of carbonyl (C=O) groups excluding carboxylic acids is 1. The van der Waals surface area contributed by atoms with Crippen LogP contribution in [0.15, 0.2) is 48.9 Å². The highest BCUT2D eigenvalue weighted by Crippen LogP contribution is 2.19. The van der Waals surface area contributed by atoms with Gasteiger partial charge in [0.25, 0.3) is 5.91 Å². The van der Waals surface area contributed by atoms with Crippen molar-refractivity contribution in [1.82, 2.24) is 10.3 Å². The van der Waals surface area contributed by atoms with Crippen LogP contribution in [0.2, 0.25) is 0 Å². The Morgan fingerprint density at radius 2 is 2.05 bits per heavy atom. The van der Waals surface area contributed by atoms with Gasteiger partial charge in [0.1, 0.15) is 12.6 Å². The zero-order valence-corrected chi connectivity index (χ0v) is 12.6. The van der Waals surface area contributed by atoms with Crippen LogP contribution in [0.25, 0.3) is 23.1 Å². The molecule has 0 atom stereocenters. The summed E-state index contributed by atoms with van der Waals surface area (Å²) in [6.07, 6.45) is 9.85. The molecule has 22 heavy (non-hydrogen) atoms. The van der Waals surface area contributed by atoms with E-state index in [1.807, 2.05) is 54.5 Å². The molecule has 3 rings (SSSR count). The summed E-state index contributed by atoms with van der Waals surface area (Å²) in [7, 11) is 3.55. The maximum absolute atomic E-state index is 11.8. The average molecular weight is 292 g/mol. The Balaban J connectivity index is 1.95. The third-order valence-corrected chi connectivity index (χ3v) is 3.58. The van der Waals surface area contributed by atoms with Gasteiger partial charge in [-0.25, -0.2) is 4.57 Å². The molecule has 0 radical (unpaired) electrons. The molecule has 0 saturated carbocycles. The fraction of sp³-hybridized carbons (Fsp3) is 0.111. The van der Waals surface area contributed by atoms with Gasteiger partial charge < -0.3 is 10.3 Å². The number of amides is 1. The van der Waals surface area contributed by atoms with Gasteiger partial charge in [0.05, 0.1) is 0 Å². The van der Waals surface area contributed by atoms with Crippen LogP contribution in [0.4, 0.5) is 0 Å². The predicted octanol–water partition coefficient (Wildman–Crippen LogP) is 2.52. The van der Waals surface area contributed by atoms with E-state index in [0.717, 1.165) is 16.6 Å². The monoisotopic (exact) mass is 292 g/mol. The number of benzene rings is 1. The molecule has 0 aliphatic heterocycles. The van der Waals surface area contributed by atoms with Crippen molar-refractivity contribution in [2.24, 2.45) is 7.05 Å². The molecule has 0 spiro atoms. The number of nitrogens with one attached hydrogen (secondary N) is 2. The number of pyridine rings is 1. The topological polar surface area (TPSA) is 48.8 Å². The van der Waals surface area contributed by atoms with E-state index in [2.05, 4.69) is 28.5 Å². The van der Waals surface area contributed by atoms with Gasteiger partial charge in [0.2, 0.25) is 0 Å². The zero-order chi connectivity index (χ0) is 15.5. The molecule has 0 bridgehead atoms. The summed E-state index contributed by atoms with van der Waals surface area (Å²) in [5.41, 5.74) is 3.87. The summed E-state index contributed by atoms with van der Waals surface area (Å²) >= 11 is 0. The van der Waals surface area contributed by atoms with Gasteiger partial charge >= 0.3 is 0 Å². The van der Waals surface area contributed by atoms with Crippen LogP contribution in [0.5, 0.6) is 0 Å². The number of aromatic amines is 1. The Labute approximate surface area is 129 Å². The van der Waals surface area contributed by atoms with Crippen LogP contribution in [0.3, 0.4) is 0 Å². The Hall–Kier alpha value is -2.88. The van der Waals surface area contributed by atoms with Gasteiger partial charge in [0.15, 0.2) is 12.4 Å². The summed E-state index contributed by atoms with van der Waals surface area (Å²) < 4.78 is 1.89. The van der Waals surface area contributed by atoms with Crippen molar-refractivity contribution >= 4 is 29.0 Å². The Morgan fingerprint density at radius 3 is 2.86 bits per heavy atom. The molecule has 4 heteroatoms. The molecule has 1 amide bonds. The minimum absolute atomic E-state index is 0.0852. The lowest BCUT2D eigenvalue weighted by Crippen LogP contribution is -2.30. The summed E-state index contributed by atoms with van der Waals surface area (Å²) in [6, 6.07) is 10.1. The van der Waals surface area contributed by atoms with Gasteiger partial charge in [-0.05, 0) is 23.8 Å². The SMILES string of the molecule is CNC(=O)c1cc(C=Cc2c[nH]c3ccccc23)c[n+](C)c1. The number of aromatic nitrogens is 2. The third-order valence-electron chi connectivity index (χ3n) is 3.58. The molecule has 2 aromatic heterocycles. The smallest absolute Gasteiger partial charge is 0.257 e. The van der Waals surface area contributed by atoms with E-state index >= 15 is 0 Å². The van der Waals surface area contributed by atoms with E-state index in [9.17, 15) is 4.79 Å². The molecule has 3 aromatic rings. The molecule has 2 N–H and O–H groups in total. The molecule has 0 unspecified atom stereocenters. The largest absolute Gasteiger partial charge is 0.361 e. The summed E-state index contributed by atoms with van der Waals surface area (Å²) in [5.74, 6) is -0.0852. The number of hydrogen-bond acceptors (Lipinski definition) is 1. The predicted molar refractivity (Wildman–Crippen MR) is 88.2 cm³/mol. The molecule has 1 aromatic carbocycles. The number of fused-ring (bicyclic) bond motifs is 1. The van der Waals surface area contributed by atoms with Crippen LogP contribution in [0.1, 0.15) is 21.5 Å². The van der Waals surface area contributed by atoms with Crippen LogP contribution >= 0.6 is 0 Å². The van der Waals surface area contributed by atoms with Gasteiger partial charge in [-0.3, -0.25) is 4.79 Å². The molecular formula is C18H18N3O+. The fourth-order valence-corrected chi connectivity index (χ4v) is 2.52. The second-order valence-electron chi connectivity index (χ2n) is 5.23. The Kier molecular flexibility index (Phi) is 3.74. The van der Waals surface area contributed by atoms with Crippen molar-refractivity contribution in [1.29, 1.82) is 0 Å². The number of H-pyrrole nitrogens is 1. The van der Waals surface area contributed by atoms with Crippen molar-refractivity contribution in [2.75, 3.05) is 7.05 Å². The highest BCUT2D eigenvalue weighted by molar-refractivity contribution is 5.95. The van der Waals surface area contributed by atoms with Gasteiger partial charge in [-0.1, -0.05) is 24.3 Å². The first kappa shape index (κ1) is 14.1. The Bertz CT molecular complexity index is 862. The molecular weight excluding hydrogens is 274 g/mol. The van der Waals surface area contributed by atoms with Gasteiger partial charge in [0, 0.05) is 29.7 Å². The highest BCUT2D eigenvalue weighted by Gasteiger charge is 2.09. The number of carbonyl (C=O) groups is 1. The normalized spacial score (nSPS) is 11.2. The van der Waals surface area contributed by atoms with E-state index in [1.54, 1.807) is 7.05 Å². The van der Waals surface area contributed by atoms with Crippen LogP contribution in [0, 0.1) is 0 Å². The van der Waals surface area contributed by atoms with Gasteiger partial charge in [-0.15, -0.1) is 0 Å². The van der Waals surface area contributed by atoms with E-state index in [0.29, 0.717) is 5.56 Å². The maximum atomic E-state index is 11.8. The summed E-state index contributed by atoms with van der Waals surface area (Å²) in [4.78, 5) is 15.0. The quantitative estimate of drug-likeness (QED) is 0.716. The minimum Gasteiger partial charge on any atom is -0.361 e. The summed E-state index contributed by atoms with van der Waals surface area (Å²) in [5, 5.41) is 3.83. The standard InChI is InChI=1S/C18H17N3O/c1-19-18(22)15-9-13(11-21(2)12-15)7-8-14-10-20-17-6-4-3-5-16(14)17/h3-12,20H,1-2H3/p+1. The third kappa shape index (κ3) is 2.76. The van der Waals surface area contributed by atoms with E-state index in [4.69, 9.17) is 0 Å². The Morgan fingerprint density at radius 1 is 1.23 bits per heavy atom. The van der Waals surface area contributed by atoms with E-state index in [-0.39, 0.29) is 5.91 Å². The molecule has 0 saturated heterocycles. The number of aryl methyl sites for hydroxylation is 1. The van der Waals surface area contributed by atoms with E-state index < -0.39 is 0 Å². The lowest BCUT2D eigenvalue weighted by atomic mass is 10.1. The lowest BCUT2D eigenvalue weighted by molar-refractivity contribution is -0.671. The first-order chi connectivity index (χ1) is 10.7. The van der Waals surface area contributed by atoms with Gasteiger partial charge in [-0.2, -0.15) is 0 Å². The molecule has 2 heterocycles. The van der Waals surface area contributed by atoms with Crippen molar-refractivity contribution in [3.8, 4) is 0 Å². The molecule has 0 aliphatic carbocycles. The highest BCUT2D eigenvalue weighted by atomic mass is 16.1. The molecule has 0 aliphatic rings. The van der Waals surface area contributed by atoms with Crippen LogP contribution in [-0.2, 0) is 7.05 Å². The zero-order valence-electron chi connectivity index (χ0n) is 12.6. The van der Waals surface area contributed by atoms with Crippen molar-refractivity contribution in [3.63, 3.8) is 0 Å². The minimum atomic E-state index is -0.0852. The summed E-state index contributed by atoms with van der Waals surface area (Å²) in [6.45, 7) is 0. The molecule has 4 nitrogen and oxygen atoms in total. The second kappa shape index (κ2) is 5.85. The van der Waals surface area contributed by atoms with Crippen LogP contribution < -0.4 is 9.88 Å². The molecule has 110 valence electrons. The average Bonchev–Trinajstić information content (AvgIpc) is 2.95. The van der Waals surface area contributed by atoms with Crippen molar-refractivity contribution < 1.29 is 9.36 Å². The molecule has 0 fully saturated rings. The first-order valence-corrected chi connectivity index (χ1v) is 7.14. The first-order valence-electron chi connectivity index (χ1n) is 7.14. The number of rotatable bonds is 3. The van der Waals surface area contributed by atoms with Crippen molar-refractivity contribution in [3.05, 3.63) is 65.6 Å². The second-order valence-corrected chi connectivity index (χ2v) is 5.23. The van der Waals surface area contributed by atoms with E-state index in [1.165, 1.54) is 5.39 Å². The van der Waals surface area contributed by atoms with Crippen LogP contribution in [-0.4, -0.2) is 17.9 Å². The number of para-hydroxylation sites is 1. The number of nitrogens with zero attached hydrogens (tertiary/aromatic N) is 1. The van der Waals surface area contributed by atoms with Crippen molar-refractivity contribution in [2.45, 2.75) is 0 Å². The lowest BCUT2D eigenvalue weighted by Gasteiger charge is -1.99. The number of hydrogen-bond donors (Lipinski definition) is 2.